The highest BCUT2D eigenvalue weighted by atomic mass is 14.7. The highest BCUT2D eigenvalue weighted by Crippen LogP contribution is 2.42. The molecule has 1 unspecified atom stereocenters. The third-order valence-corrected chi connectivity index (χ3v) is 5.10. The quantitative estimate of drug-likeness (QED) is 0.878. The molecule has 1 nitrogen and oxygen atoms in total. The van der Waals surface area contributed by atoms with E-state index in [2.05, 4.69) is 60.7 Å². The second-order valence-electron chi connectivity index (χ2n) is 6.38. The Morgan fingerprint density at radius 3 is 2.00 bits per heavy atom. The average molecular weight is 279 g/mol. The third kappa shape index (κ3) is 3.03. The Kier molecular flexibility index (Phi) is 4.40. The van der Waals surface area contributed by atoms with Crippen LogP contribution in [-0.4, -0.2) is 6.04 Å². The van der Waals surface area contributed by atoms with Crippen LogP contribution in [0.15, 0.2) is 60.7 Å². The summed E-state index contributed by atoms with van der Waals surface area (Å²) >= 11 is 0. The van der Waals surface area contributed by atoms with Crippen molar-refractivity contribution in [2.45, 2.75) is 50.0 Å². The van der Waals surface area contributed by atoms with Crippen LogP contribution in [0.5, 0.6) is 0 Å². The molecule has 1 saturated carbocycles. The van der Waals surface area contributed by atoms with Gasteiger partial charge in [-0.1, -0.05) is 79.9 Å². The molecule has 0 saturated heterocycles. The summed E-state index contributed by atoms with van der Waals surface area (Å²) in [5.74, 6) is 0. The van der Waals surface area contributed by atoms with E-state index in [0.717, 1.165) is 6.42 Å². The van der Waals surface area contributed by atoms with Gasteiger partial charge in [0, 0.05) is 11.5 Å². The third-order valence-electron chi connectivity index (χ3n) is 5.10. The summed E-state index contributed by atoms with van der Waals surface area (Å²) in [6.45, 7) is 0. The van der Waals surface area contributed by atoms with Crippen LogP contribution >= 0.6 is 0 Å². The van der Waals surface area contributed by atoms with Crippen molar-refractivity contribution in [3.63, 3.8) is 0 Å². The second-order valence-corrected chi connectivity index (χ2v) is 6.38. The Bertz CT molecular complexity index is 541. The lowest BCUT2D eigenvalue weighted by molar-refractivity contribution is 0.241. The molecule has 3 rings (SSSR count). The Balaban J connectivity index is 1.88. The van der Waals surface area contributed by atoms with Gasteiger partial charge in [0.25, 0.3) is 0 Å². The zero-order valence-electron chi connectivity index (χ0n) is 12.7. The van der Waals surface area contributed by atoms with Crippen molar-refractivity contribution in [2.24, 2.45) is 5.73 Å². The van der Waals surface area contributed by atoms with E-state index in [1.54, 1.807) is 0 Å². The predicted molar refractivity (Wildman–Crippen MR) is 89.3 cm³/mol. The normalized spacial score (nSPS) is 19.1. The molecule has 1 atom stereocenters. The maximum atomic E-state index is 6.75. The smallest absolute Gasteiger partial charge is 0.0177 e. The maximum absolute atomic E-state index is 6.75. The van der Waals surface area contributed by atoms with Gasteiger partial charge in [-0.15, -0.1) is 0 Å². The molecule has 21 heavy (non-hydrogen) atoms. The zero-order valence-corrected chi connectivity index (χ0v) is 12.7. The van der Waals surface area contributed by atoms with Crippen LogP contribution in [0.1, 0.15) is 43.2 Å². The molecule has 1 heteroatoms. The molecule has 1 fully saturated rings. The summed E-state index contributed by atoms with van der Waals surface area (Å²) in [6, 6.07) is 21.8. The standard InChI is InChI=1S/C20H25N/c21-19(16-17-10-4-1-5-11-17)20(14-8-3-9-15-20)18-12-6-2-7-13-18/h1-2,4-7,10-13,19H,3,8-9,14-16,21H2. The summed E-state index contributed by atoms with van der Waals surface area (Å²) in [7, 11) is 0. The van der Waals surface area contributed by atoms with Gasteiger partial charge < -0.3 is 5.73 Å². The van der Waals surface area contributed by atoms with Gasteiger partial charge in [0.15, 0.2) is 0 Å². The van der Waals surface area contributed by atoms with E-state index in [-0.39, 0.29) is 11.5 Å². The number of hydrogen-bond acceptors (Lipinski definition) is 1. The minimum atomic E-state index is 0.162. The first-order valence-electron chi connectivity index (χ1n) is 8.16. The van der Waals surface area contributed by atoms with Crippen LogP contribution in [0.2, 0.25) is 0 Å². The molecule has 0 amide bonds. The molecule has 0 bridgehead atoms. The monoisotopic (exact) mass is 279 g/mol. The first-order chi connectivity index (χ1) is 10.3. The minimum Gasteiger partial charge on any atom is -0.327 e. The fourth-order valence-electron chi connectivity index (χ4n) is 3.89. The summed E-state index contributed by atoms with van der Waals surface area (Å²) in [5.41, 5.74) is 9.70. The number of hydrogen-bond donors (Lipinski definition) is 1. The van der Waals surface area contributed by atoms with Crippen molar-refractivity contribution in [1.82, 2.24) is 0 Å². The average Bonchev–Trinajstić information content (AvgIpc) is 2.57. The van der Waals surface area contributed by atoms with Crippen molar-refractivity contribution in [1.29, 1.82) is 0 Å². The zero-order chi connectivity index (χ0) is 14.5. The van der Waals surface area contributed by atoms with Crippen molar-refractivity contribution >= 4 is 0 Å². The van der Waals surface area contributed by atoms with E-state index in [1.807, 2.05) is 0 Å². The number of rotatable bonds is 4. The van der Waals surface area contributed by atoms with Gasteiger partial charge in [0.05, 0.1) is 0 Å². The van der Waals surface area contributed by atoms with Crippen molar-refractivity contribution in [2.75, 3.05) is 0 Å². The SMILES string of the molecule is NC(Cc1ccccc1)C1(c2ccccc2)CCCCC1. The van der Waals surface area contributed by atoms with Gasteiger partial charge >= 0.3 is 0 Å². The Morgan fingerprint density at radius 2 is 1.38 bits per heavy atom. The topological polar surface area (TPSA) is 26.0 Å². The van der Waals surface area contributed by atoms with Crippen LogP contribution in [0.25, 0.3) is 0 Å². The highest BCUT2D eigenvalue weighted by molar-refractivity contribution is 5.30. The van der Waals surface area contributed by atoms with Gasteiger partial charge in [-0.2, -0.15) is 0 Å². The Hall–Kier alpha value is -1.60. The molecular weight excluding hydrogens is 254 g/mol. The molecule has 1 aliphatic rings. The molecule has 2 aromatic rings. The fourth-order valence-corrected chi connectivity index (χ4v) is 3.89. The Morgan fingerprint density at radius 1 is 0.810 bits per heavy atom. The van der Waals surface area contributed by atoms with Crippen molar-refractivity contribution in [3.8, 4) is 0 Å². The van der Waals surface area contributed by atoms with Crippen LogP contribution < -0.4 is 5.73 Å². The van der Waals surface area contributed by atoms with Gasteiger partial charge in [0.1, 0.15) is 0 Å². The van der Waals surface area contributed by atoms with Gasteiger partial charge in [-0.25, -0.2) is 0 Å². The summed E-state index contributed by atoms with van der Waals surface area (Å²) in [4.78, 5) is 0. The van der Waals surface area contributed by atoms with Crippen molar-refractivity contribution < 1.29 is 0 Å². The van der Waals surface area contributed by atoms with E-state index in [0.29, 0.717) is 0 Å². The molecule has 2 aromatic carbocycles. The lowest BCUT2D eigenvalue weighted by Crippen LogP contribution is -2.48. The first-order valence-corrected chi connectivity index (χ1v) is 8.16. The molecule has 1 aliphatic carbocycles. The van der Waals surface area contributed by atoms with Crippen LogP contribution in [-0.2, 0) is 11.8 Å². The molecule has 0 aliphatic heterocycles. The van der Waals surface area contributed by atoms with Gasteiger partial charge in [0.2, 0.25) is 0 Å². The van der Waals surface area contributed by atoms with Gasteiger partial charge in [-0.3, -0.25) is 0 Å². The number of nitrogens with two attached hydrogens (primary N) is 1. The largest absolute Gasteiger partial charge is 0.327 e. The molecular formula is C20H25N. The molecule has 0 spiro atoms. The lowest BCUT2D eigenvalue weighted by Gasteiger charge is -2.43. The maximum Gasteiger partial charge on any atom is 0.0177 e. The second kappa shape index (κ2) is 6.44. The minimum absolute atomic E-state index is 0.162. The lowest BCUT2D eigenvalue weighted by atomic mass is 9.64. The van der Waals surface area contributed by atoms with E-state index in [4.69, 9.17) is 5.73 Å². The Labute approximate surface area is 128 Å². The van der Waals surface area contributed by atoms with Gasteiger partial charge in [-0.05, 0) is 30.4 Å². The highest BCUT2D eigenvalue weighted by Gasteiger charge is 2.39. The summed E-state index contributed by atoms with van der Waals surface area (Å²) < 4.78 is 0. The van der Waals surface area contributed by atoms with Crippen molar-refractivity contribution in [3.05, 3.63) is 71.8 Å². The van der Waals surface area contributed by atoms with E-state index >= 15 is 0 Å². The molecule has 0 heterocycles. The first kappa shape index (κ1) is 14.3. The van der Waals surface area contributed by atoms with E-state index in [1.165, 1.54) is 43.2 Å². The van der Waals surface area contributed by atoms with Crippen LogP contribution in [0.3, 0.4) is 0 Å². The summed E-state index contributed by atoms with van der Waals surface area (Å²) in [5, 5.41) is 0. The predicted octanol–water partition coefficient (Wildman–Crippen LogP) is 4.46. The van der Waals surface area contributed by atoms with Crippen LogP contribution in [0.4, 0.5) is 0 Å². The fraction of sp³-hybridized carbons (Fsp3) is 0.400. The summed E-state index contributed by atoms with van der Waals surface area (Å²) in [6.07, 6.45) is 7.38. The van der Waals surface area contributed by atoms with E-state index < -0.39 is 0 Å². The number of benzene rings is 2. The molecule has 2 N–H and O–H groups in total. The van der Waals surface area contributed by atoms with Crippen LogP contribution in [0, 0.1) is 0 Å². The van der Waals surface area contributed by atoms with E-state index in [9.17, 15) is 0 Å². The molecule has 0 aromatic heterocycles. The molecule has 0 radical (unpaired) electrons. The molecule has 110 valence electrons.